The van der Waals surface area contributed by atoms with Gasteiger partial charge in [0.15, 0.2) is 11.5 Å². The SMILES string of the molecule is CCOc1cc(C2C(C(=O)OC3CCCCC3)=C(C)Nc3nc(SCc4ccccc4F)nn32)cc(Br)c1OCc1ccc(C(C)(C)C)cc1. The van der Waals surface area contributed by atoms with E-state index in [1.165, 1.54) is 23.4 Å². The van der Waals surface area contributed by atoms with E-state index in [1.54, 1.807) is 16.8 Å². The smallest absolute Gasteiger partial charge is 0.338 e. The average molecular weight is 764 g/mol. The summed E-state index contributed by atoms with van der Waals surface area (Å²) in [7, 11) is 0. The van der Waals surface area contributed by atoms with Gasteiger partial charge in [0.05, 0.1) is 16.7 Å². The molecule has 4 aromatic rings. The molecule has 6 rings (SSSR count). The van der Waals surface area contributed by atoms with Crippen LogP contribution in [0.25, 0.3) is 0 Å². The van der Waals surface area contributed by atoms with E-state index in [0.29, 0.717) is 62.9 Å². The number of rotatable bonds is 11. The lowest BCUT2D eigenvalue weighted by atomic mass is 9.87. The number of carbonyl (C=O) groups is 1. The molecule has 1 aliphatic heterocycles. The maximum Gasteiger partial charge on any atom is 0.338 e. The Bertz CT molecular complexity index is 1860. The molecule has 1 saturated carbocycles. The van der Waals surface area contributed by atoms with Gasteiger partial charge in [-0.2, -0.15) is 4.98 Å². The third kappa shape index (κ3) is 8.20. The topological polar surface area (TPSA) is 87.5 Å². The number of carbonyl (C=O) groups excluding carboxylic acids is 1. The van der Waals surface area contributed by atoms with Crippen LogP contribution in [0.1, 0.15) is 95.0 Å². The Morgan fingerprint density at radius 3 is 2.50 bits per heavy atom. The molecule has 0 spiro atoms. The summed E-state index contributed by atoms with van der Waals surface area (Å²) in [6.45, 7) is 11.1. The minimum Gasteiger partial charge on any atom is -0.490 e. The largest absolute Gasteiger partial charge is 0.490 e. The van der Waals surface area contributed by atoms with Gasteiger partial charge in [-0.3, -0.25) is 0 Å². The van der Waals surface area contributed by atoms with Crippen LogP contribution in [0.4, 0.5) is 10.3 Å². The van der Waals surface area contributed by atoms with Crippen molar-refractivity contribution in [3.63, 3.8) is 0 Å². The number of anilines is 1. The summed E-state index contributed by atoms with van der Waals surface area (Å²) in [5, 5.41) is 8.59. The molecule has 3 aromatic carbocycles. The van der Waals surface area contributed by atoms with E-state index < -0.39 is 6.04 Å². The molecule has 1 unspecified atom stereocenters. The van der Waals surface area contributed by atoms with Gasteiger partial charge in [-0.15, -0.1) is 5.10 Å². The Kier molecular flexibility index (Phi) is 11.2. The predicted molar refractivity (Wildman–Crippen MR) is 198 cm³/mol. The molecule has 0 bridgehead atoms. The van der Waals surface area contributed by atoms with Crippen LogP contribution in [0.2, 0.25) is 0 Å². The van der Waals surface area contributed by atoms with Gasteiger partial charge in [-0.25, -0.2) is 13.9 Å². The molecule has 1 fully saturated rings. The second-order valence-electron chi connectivity index (χ2n) is 13.8. The lowest BCUT2D eigenvalue weighted by Gasteiger charge is -2.30. The summed E-state index contributed by atoms with van der Waals surface area (Å²) in [5.41, 5.74) is 4.74. The number of thioether (sulfide) groups is 1. The van der Waals surface area contributed by atoms with Gasteiger partial charge in [0.2, 0.25) is 11.1 Å². The minimum absolute atomic E-state index is 0.0622. The van der Waals surface area contributed by atoms with Crippen LogP contribution >= 0.6 is 27.7 Å². The first-order valence-corrected chi connectivity index (χ1v) is 19.0. The molecule has 264 valence electrons. The van der Waals surface area contributed by atoms with Crippen LogP contribution in [0.3, 0.4) is 0 Å². The van der Waals surface area contributed by atoms with Gasteiger partial charge < -0.3 is 19.5 Å². The third-order valence-corrected chi connectivity index (χ3v) is 10.5. The summed E-state index contributed by atoms with van der Waals surface area (Å²) in [4.78, 5) is 18.8. The van der Waals surface area contributed by atoms with Crippen LogP contribution in [0, 0.1) is 5.82 Å². The summed E-state index contributed by atoms with van der Waals surface area (Å²) >= 11 is 5.09. The van der Waals surface area contributed by atoms with Gasteiger partial charge in [-0.1, -0.05) is 81.4 Å². The van der Waals surface area contributed by atoms with E-state index in [4.69, 9.17) is 24.3 Å². The van der Waals surface area contributed by atoms with Crippen molar-refractivity contribution in [2.45, 2.75) is 102 Å². The van der Waals surface area contributed by atoms with Crippen molar-refractivity contribution < 1.29 is 23.4 Å². The highest BCUT2D eigenvalue weighted by molar-refractivity contribution is 9.10. The van der Waals surface area contributed by atoms with Crippen LogP contribution in [0.15, 0.2) is 81.6 Å². The molecule has 8 nitrogen and oxygen atoms in total. The maximum atomic E-state index is 14.4. The van der Waals surface area contributed by atoms with Crippen molar-refractivity contribution in [2.75, 3.05) is 11.9 Å². The summed E-state index contributed by atoms with van der Waals surface area (Å²) in [6.07, 6.45) is 4.82. The number of esters is 1. The monoisotopic (exact) mass is 762 g/mol. The molecule has 1 N–H and O–H groups in total. The van der Waals surface area contributed by atoms with Gasteiger partial charge in [0, 0.05) is 11.4 Å². The van der Waals surface area contributed by atoms with E-state index in [-0.39, 0.29) is 23.3 Å². The van der Waals surface area contributed by atoms with Gasteiger partial charge in [0.1, 0.15) is 24.6 Å². The first-order valence-electron chi connectivity index (χ1n) is 17.2. The molecule has 0 amide bonds. The molecule has 1 aliphatic carbocycles. The second-order valence-corrected chi connectivity index (χ2v) is 15.6. The van der Waals surface area contributed by atoms with Crippen molar-refractivity contribution in [2.24, 2.45) is 0 Å². The fraction of sp³-hybridized carbons (Fsp3) is 0.410. The number of allylic oxidation sites excluding steroid dienone is 1. The zero-order chi connectivity index (χ0) is 35.4. The molecule has 0 radical (unpaired) electrons. The molecular weight excluding hydrogens is 719 g/mol. The minimum atomic E-state index is -0.674. The van der Waals surface area contributed by atoms with E-state index in [0.717, 1.165) is 43.2 Å². The molecule has 2 heterocycles. The molecular formula is C39H44BrFN4O4S. The van der Waals surface area contributed by atoms with Crippen molar-refractivity contribution >= 4 is 39.6 Å². The number of fused-ring (bicyclic) bond motifs is 1. The third-order valence-electron chi connectivity index (χ3n) is 9.04. The zero-order valence-electron chi connectivity index (χ0n) is 29.2. The summed E-state index contributed by atoms with van der Waals surface area (Å²) in [6, 6.07) is 18.3. The van der Waals surface area contributed by atoms with Crippen molar-refractivity contribution in [3.8, 4) is 11.5 Å². The molecule has 2 aliphatic rings. The summed E-state index contributed by atoms with van der Waals surface area (Å²) in [5.74, 6) is 1.27. The van der Waals surface area contributed by atoms with Gasteiger partial charge in [-0.05, 0) is 101 Å². The summed E-state index contributed by atoms with van der Waals surface area (Å²) < 4.78 is 35.4. The first-order chi connectivity index (χ1) is 24.0. The Hall–Kier alpha value is -3.83. The van der Waals surface area contributed by atoms with Crippen LogP contribution in [-0.4, -0.2) is 33.4 Å². The zero-order valence-corrected chi connectivity index (χ0v) is 31.6. The van der Waals surface area contributed by atoms with Crippen molar-refractivity contribution in [1.82, 2.24) is 14.8 Å². The van der Waals surface area contributed by atoms with Gasteiger partial charge >= 0.3 is 5.97 Å². The van der Waals surface area contributed by atoms with Gasteiger partial charge in [0.25, 0.3) is 0 Å². The lowest BCUT2D eigenvalue weighted by molar-refractivity contribution is -0.146. The Labute approximate surface area is 306 Å². The van der Waals surface area contributed by atoms with Crippen LogP contribution < -0.4 is 14.8 Å². The van der Waals surface area contributed by atoms with Crippen molar-refractivity contribution in [3.05, 3.63) is 104 Å². The maximum absolute atomic E-state index is 14.4. The van der Waals surface area contributed by atoms with Crippen molar-refractivity contribution in [1.29, 1.82) is 0 Å². The number of nitrogens with zero attached hydrogens (tertiary/aromatic N) is 3. The van der Waals surface area contributed by atoms with Crippen LogP contribution in [0.5, 0.6) is 11.5 Å². The Balaban J connectivity index is 1.34. The highest BCUT2D eigenvalue weighted by Crippen LogP contribution is 2.44. The average Bonchev–Trinajstić information content (AvgIpc) is 3.49. The van der Waals surface area contributed by atoms with E-state index in [2.05, 4.69) is 66.3 Å². The van der Waals surface area contributed by atoms with E-state index >= 15 is 0 Å². The first kappa shape index (κ1) is 36.0. The Morgan fingerprint density at radius 1 is 1.06 bits per heavy atom. The standard InChI is InChI=1S/C39H44BrFN4O4S/c1-6-47-32-21-27(20-30(40)35(32)48-22-25-16-18-28(19-17-25)39(3,4)5)34-33(36(46)49-29-13-8-7-9-14-29)24(2)42-37-43-38(44-45(34)37)50-23-26-12-10-11-15-31(26)41/h10-12,15-21,29,34H,6-9,13-14,22-23H2,1-5H3,(H,42,43,44). The van der Waals surface area contributed by atoms with E-state index in [1.807, 2.05) is 32.0 Å². The number of ether oxygens (including phenoxy) is 3. The number of benzene rings is 3. The number of hydrogen-bond acceptors (Lipinski definition) is 8. The van der Waals surface area contributed by atoms with E-state index in [9.17, 15) is 9.18 Å². The number of hydrogen-bond donors (Lipinski definition) is 1. The van der Waals surface area contributed by atoms with Crippen LogP contribution in [-0.2, 0) is 27.3 Å². The molecule has 0 saturated heterocycles. The Morgan fingerprint density at radius 2 is 1.80 bits per heavy atom. The molecule has 1 atom stereocenters. The molecule has 1 aromatic heterocycles. The number of halogens is 2. The normalized spacial score (nSPS) is 16.5. The fourth-order valence-electron chi connectivity index (χ4n) is 6.33. The molecule has 11 heteroatoms. The lowest BCUT2D eigenvalue weighted by Crippen LogP contribution is -2.32. The highest BCUT2D eigenvalue weighted by Gasteiger charge is 2.37. The fourth-order valence-corrected chi connectivity index (χ4v) is 7.72. The number of nitrogens with one attached hydrogen (secondary N) is 1. The quantitative estimate of drug-likeness (QED) is 0.119. The predicted octanol–water partition coefficient (Wildman–Crippen LogP) is 9.91. The molecule has 50 heavy (non-hydrogen) atoms. The highest BCUT2D eigenvalue weighted by atomic mass is 79.9. The number of aromatic nitrogens is 3. The second kappa shape index (κ2) is 15.6.